The summed E-state index contributed by atoms with van der Waals surface area (Å²) in [7, 11) is -2.55. The van der Waals surface area contributed by atoms with Crippen LogP contribution in [0.25, 0.3) is 0 Å². The van der Waals surface area contributed by atoms with E-state index in [0.717, 1.165) is 17.3 Å². The molecule has 5 rings (SSSR count). The van der Waals surface area contributed by atoms with Crippen LogP contribution in [0.2, 0.25) is 0 Å². The number of ether oxygens (including phenoxy) is 2. The second kappa shape index (κ2) is 12.2. The van der Waals surface area contributed by atoms with Gasteiger partial charge in [-0.05, 0) is 19.4 Å². The summed E-state index contributed by atoms with van der Waals surface area (Å²) < 4.78 is 36.3. The molecular weight excluding hydrogens is 603 g/mol. The number of aliphatic hydroxyl groups is 3. The Morgan fingerprint density at radius 1 is 1.33 bits per heavy atom. The first kappa shape index (κ1) is 32.0. The maximum atomic E-state index is 13.8. The molecule has 3 heterocycles. The maximum absolute atomic E-state index is 13.8. The van der Waals surface area contributed by atoms with Crippen LogP contribution in [-0.4, -0.2) is 112 Å². The predicted octanol–water partition coefficient (Wildman–Crippen LogP) is 0.198. The number of nitrogens with one attached hydrogen (secondary N) is 1. The van der Waals surface area contributed by atoms with Crippen LogP contribution in [0.1, 0.15) is 25.8 Å². The number of carbonyl (C=O) groups excluding carboxylic acids is 1. The summed E-state index contributed by atoms with van der Waals surface area (Å²) in [4.78, 5) is 26.8. The van der Waals surface area contributed by atoms with Gasteiger partial charge in [-0.15, -0.1) is 0 Å². The molecule has 1 saturated heterocycles. The van der Waals surface area contributed by atoms with Crippen LogP contribution in [0.3, 0.4) is 0 Å². The van der Waals surface area contributed by atoms with Gasteiger partial charge < -0.3 is 35.4 Å². The van der Waals surface area contributed by atoms with Crippen LogP contribution in [0.4, 0.5) is 0 Å². The molecule has 3 aliphatic heterocycles. The highest BCUT2D eigenvalue weighted by Gasteiger charge is 2.83. The lowest BCUT2D eigenvalue weighted by Crippen LogP contribution is -2.56. The minimum absolute atomic E-state index is 0.0233. The largest absolute Gasteiger partial charge is 0.482 e. The van der Waals surface area contributed by atoms with Gasteiger partial charge >= 0.3 is 7.75 Å². The van der Waals surface area contributed by atoms with E-state index in [1.54, 1.807) is 18.7 Å². The number of hydrogen-bond acceptors (Lipinski definition) is 15. The summed E-state index contributed by atoms with van der Waals surface area (Å²) in [6.45, 7) is 2.62. The zero-order valence-electron chi connectivity index (χ0n) is 24.0. The van der Waals surface area contributed by atoms with Crippen molar-refractivity contribution < 1.29 is 43.2 Å². The number of carbonyl (C=O) groups is 1. The highest BCUT2D eigenvalue weighted by molar-refractivity contribution is 8.13. The molecule has 1 saturated carbocycles. The summed E-state index contributed by atoms with van der Waals surface area (Å²) in [6, 6.07) is 8.59. The first-order chi connectivity index (χ1) is 20.4. The predicted molar refractivity (Wildman–Crippen MR) is 158 cm³/mol. The van der Waals surface area contributed by atoms with Crippen molar-refractivity contribution in [2.24, 2.45) is 26.1 Å². The van der Waals surface area contributed by atoms with E-state index in [1.807, 2.05) is 30.3 Å². The van der Waals surface area contributed by atoms with Crippen LogP contribution < -0.4 is 10.8 Å². The molecule has 7 unspecified atom stereocenters. The van der Waals surface area contributed by atoms with E-state index >= 15 is 0 Å². The zero-order valence-corrected chi connectivity index (χ0v) is 25.7. The van der Waals surface area contributed by atoms with Gasteiger partial charge in [0.1, 0.15) is 17.7 Å². The molecule has 1 aliphatic carbocycles. The van der Waals surface area contributed by atoms with E-state index in [1.165, 1.54) is 13.4 Å². The fourth-order valence-electron chi connectivity index (χ4n) is 5.24. The number of rotatable bonds is 13. The number of aliphatic imine (C=N–C) groups is 3. The van der Waals surface area contributed by atoms with Crippen molar-refractivity contribution in [2.75, 3.05) is 32.7 Å². The SMILES string of the molecule is COC1=NC(N)=NC2C1N=CN2C12CC1(O)OC(COP(=O)(NCc1ccccc1)OCCSC(=O)C(C)(C)CO)C2O. The van der Waals surface area contributed by atoms with E-state index in [4.69, 9.17) is 24.3 Å². The molecule has 43 heavy (non-hydrogen) atoms. The number of nitrogens with zero attached hydrogens (tertiary/aromatic N) is 4. The fraction of sp³-hybridized carbons (Fsp3) is 0.615. The molecule has 2 fully saturated rings. The third kappa shape index (κ3) is 6.13. The van der Waals surface area contributed by atoms with Gasteiger partial charge in [0.05, 0.1) is 38.7 Å². The summed E-state index contributed by atoms with van der Waals surface area (Å²) in [5.41, 5.74) is 4.47. The van der Waals surface area contributed by atoms with E-state index in [0.29, 0.717) is 0 Å². The average molecular weight is 641 g/mol. The molecule has 1 aromatic rings. The number of methoxy groups -OCH3 is 1. The minimum atomic E-state index is -4.00. The monoisotopic (exact) mass is 640 g/mol. The van der Waals surface area contributed by atoms with E-state index in [9.17, 15) is 24.7 Å². The summed E-state index contributed by atoms with van der Waals surface area (Å²) >= 11 is 0.956. The van der Waals surface area contributed by atoms with Crippen LogP contribution >= 0.6 is 19.5 Å². The number of benzene rings is 1. The molecule has 0 spiro atoms. The first-order valence-electron chi connectivity index (χ1n) is 13.7. The Balaban J connectivity index is 1.24. The zero-order chi connectivity index (χ0) is 31.0. The van der Waals surface area contributed by atoms with Crippen molar-refractivity contribution >= 4 is 42.8 Å². The van der Waals surface area contributed by atoms with Gasteiger partial charge in [0, 0.05) is 18.7 Å². The van der Waals surface area contributed by atoms with Crippen molar-refractivity contribution in [1.29, 1.82) is 0 Å². The Morgan fingerprint density at radius 2 is 2.07 bits per heavy atom. The third-order valence-corrected chi connectivity index (χ3v) is 10.6. The standard InChI is InChI=1S/C26H37N6O9PS/c1-24(2,14-33)22(35)43-10-9-39-42(37,29-11-16-7-5-4-6-8-16)40-12-17-19(34)25(13-26(25,36)41-17)32-15-28-18-20(32)30-23(27)31-21(18)38-3/h4-8,15,17-20,33-34,36H,9-14H2,1-3H3,(H2,27,30)(H,29,37). The molecule has 17 heteroatoms. The van der Waals surface area contributed by atoms with Crippen molar-refractivity contribution in [3.8, 4) is 0 Å². The lowest BCUT2D eigenvalue weighted by atomic mass is 9.97. The summed E-state index contributed by atoms with van der Waals surface area (Å²) in [5.74, 6) is -1.34. The first-order valence-corrected chi connectivity index (χ1v) is 16.2. The van der Waals surface area contributed by atoms with Crippen molar-refractivity contribution in [3.05, 3.63) is 35.9 Å². The number of fused-ring (bicyclic) bond motifs is 2. The van der Waals surface area contributed by atoms with Gasteiger partial charge in [-0.2, -0.15) is 4.99 Å². The van der Waals surface area contributed by atoms with Gasteiger partial charge in [-0.3, -0.25) is 18.8 Å². The fourth-order valence-corrected chi connectivity index (χ4v) is 7.48. The van der Waals surface area contributed by atoms with E-state index in [2.05, 4.69) is 20.1 Å². The lowest BCUT2D eigenvalue weighted by Gasteiger charge is -2.35. The number of aliphatic hydroxyl groups excluding tert-OH is 2. The average Bonchev–Trinajstić information content (AvgIpc) is 3.27. The van der Waals surface area contributed by atoms with Crippen molar-refractivity contribution in [2.45, 2.75) is 62.6 Å². The quantitative estimate of drug-likeness (QED) is 0.144. The topological polar surface area (TPSA) is 210 Å². The van der Waals surface area contributed by atoms with Crippen LogP contribution in [0.15, 0.2) is 45.3 Å². The molecule has 0 radical (unpaired) electrons. The molecule has 15 nitrogen and oxygen atoms in total. The number of guanidine groups is 1. The molecule has 236 valence electrons. The van der Waals surface area contributed by atoms with Gasteiger partial charge in [0.15, 0.2) is 23.1 Å². The lowest BCUT2D eigenvalue weighted by molar-refractivity contribution is -0.153. The second-order valence-electron chi connectivity index (χ2n) is 11.3. The maximum Gasteiger partial charge on any atom is 0.405 e. The Morgan fingerprint density at radius 3 is 2.77 bits per heavy atom. The summed E-state index contributed by atoms with van der Waals surface area (Å²) in [6.07, 6.45) is -1.55. The molecule has 0 aromatic heterocycles. The number of thioether (sulfide) groups is 1. The number of nitrogens with two attached hydrogens (primary N) is 1. The van der Waals surface area contributed by atoms with Gasteiger partial charge in [0.2, 0.25) is 11.9 Å². The molecule has 0 bridgehead atoms. The molecule has 7 atom stereocenters. The van der Waals surface area contributed by atoms with E-state index in [-0.39, 0.29) is 55.5 Å². The Hall–Kier alpha value is -2.40. The highest BCUT2D eigenvalue weighted by atomic mass is 32.2. The van der Waals surface area contributed by atoms with E-state index < -0.39 is 48.9 Å². The summed E-state index contributed by atoms with van der Waals surface area (Å²) in [5, 5.41) is 34.7. The number of hydrogen-bond donors (Lipinski definition) is 5. The minimum Gasteiger partial charge on any atom is -0.482 e. The van der Waals surface area contributed by atoms with Crippen molar-refractivity contribution in [3.63, 3.8) is 0 Å². The van der Waals surface area contributed by atoms with Crippen LogP contribution in [-0.2, 0) is 34.4 Å². The van der Waals surface area contributed by atoms with Gasteiger partial charge in [-0.25, -0.2) is 14.6 Å². The van der Waals surface area contributed by atoms with Crippen LogP contribution in [0, 0.1) is 5.41 Å². The Kier molecular flexibility index (Phi) is 9.07. The molecule has 6 N–H and O–H groups in total. The van der Waals surface area contributed by atoms with Gasteiger partial charge in [0.25, 0.3) is 0 Å². The van der Waals surface area contributed by atoms with Gasteiger partial charge in [-0.1, -0.05) is 42.1 Å². The second-order valence-corrected chi connectivity index (χ2v) is 14.2. The normalized spacial score (nSPS) is 32.5. The molecule has 1 aromatic carbocycles. The highest BCUT2D eigenvalue weighted by Crippen LogP contribution is 2.63. The Bertz CT molecular complexity index is 1350. The molecule has 0 amide bonds. The third-order valence-electron chi connectivity index (χ3n) is 7.83. The molecule has 4 aliphatic rings. The van der Waals surface area contributed by atoms with Crippen molar-refractivity contribution in [1.82, 2.24) is 9.99 Å². The van der Waals surface area contributed by atoms with Crippen LogP contribution in [0.5, 0.6) is 0 Å². The Labute approximate surface area is 253 Å². The molecular formula is C26H37N6O9PS. The smallest absolute Gasteiger partial charge is 0.405 e.